The summed E-state index contributed by atoms with van der Waals surface area (Å²) in [5.74, 6) is 0.234. The zero-order chi connectivity index (χ0) is 21.7. The number of benzene rings is 2. The Morgan fingerprint density at radius 1 is 1.17 bits per heavy atom. The number of likely N-dealkylation sites (N-methyl/N-ethyl adjacent to an activating group) is 1. The molecule has 2 aromatic carbocycles. The predicted molar refractivity (Wildman–Crippen MR) is 118 cm³/mol. The minimum absolute atomic E-state index is 0.0792. The number of fused-ring (bicyclic) bond motifs is 1. The summed E-state index contributed by atoms with van der Waals surface area (Å²) in [5, 5.41) is 5.75. The van der Waals surface area contributed by atoms with Crippen LogP contribution in [0.2, 0.25) is 0 Å². The number of aromatic nitrogens is 2. The number of carbonyl (C=O) groups excluding carboxylic acids is 2. The van der Waals surface area contributed by atoms with Gasteiger partial charge in [-0.1, -0.05) is 30.3 Å². The molecule has 8 heteroatoms. The number of carbonyl (C=O) groups is 2. The lowest BCUT2D eigenvalue weighted by atomic mass is 10.1. The van der Waals surface area contributed by atoms with Gasteiger partial charge in [0, 0.05) is 38.4 Å². The number of ether oxygens (including phenoxy) is 1. The second-order valence-corrected chi connectivity index (χ2v) is 7.29. The van der Waals surface area contributed by atoms with Crippen LogP contribution in [0.4, 0.5) is 5.69 Å². The summed E-state index contributed by atoms with van der Waals surface area (Å²) < 4.78 is 6.84. The fourth-order valence-corrected chi connectivity index (χ4v) is 3.24. The number of anilines is 1. The molecule has 0 fully saturated rings. The number of hydrogen-bond donors (Lipinski definition) is 2. The molecule has 3 rings (SSSR count). The highest BCUT2D eigenvalue weighted by molar-refractivity contribution is 6.06. The fraction of sp³-hybridized carbons (Fsp3) is 0.318. The van der Waals surface area contributed by atoms with E-state index in [2.05, 4.69) is 10.6 Å². The highest BCUT2D eigenvalue weighted by Crippen LogP contribution is 2.30. The van der Waals surface area contributed by atoms with Crippen molar-refractivity contribution in [2.24, 2.45) is 7.05 Å². The van der Waals surface area contributed by atoms with Gasteiger partial charge >= 0.3 is 0 Å². The van der Waals surface area contributed by atoms with E-state index in [1.165, 1.54) is 7.11 Å². The lowest BCUT2D eigenvalue weighted by molar-refractivity contribution is -0.119. The van der Waals surface area contributed by atoms with Crippen molar-refractivity contribution in [3.05, 3.63) is 48.0 Å². The first-order chi connectivity index (χ1) is 14.4. The molecule has 0 spiro atoms. The Morgan fingerprint density at radius 3 is 2.57 bits per heavy atom. The molecule has 3 aromatic rings. The Hall–Kier alpha value is -3.23. The van der Waals surface area contributed by atoms with Crippen LogP contribution in [-0.4, -0.2) is 67.2 Å². The summed E-state index contributed by atoms with van der Waals surface area (Å²) in [6.07, 6.45) is 0. The van der Waals surface area contributed by atoms with Crippen molar-refractivity contribution in [1.29, 1.82) is 0 Å². The van der Waals surface area contributed by atoms with Crippen LogP contribution in [0.25, 0.3) is 22.4 Å². The number of aryl methyl sites for hydroxylation is 1. The summed E-state index contributed by atoms with van der Waals surface area (Å²) in [6, 6.07) is 13.2. The van der Waals surface area contributed by atoms with Crippen molar-refractivity contribution in [1.82, 2.24) is 19.8 Å². The van der Waals surface area contributed by atoms with E-state index in [-0.39, 0.29) is 18.4 Å². The molecule has 1 heterocycles. The van der Waals surface area contributed by atoms with Crippen LogP contribution >= 0.6 is 0 Å². The zero-order valence-electron chi connectivity index (χ0n) is 17.7. The van der Waals surface area contributed by atoms with Gasteiger partial charge in [0.1, 0.15) is 12.4 Å². The van der Waals surface area contributed by atoms with Crippen LogP contribution in [0.3, 0.4) is 0 Å². The first-order valence-corrected chi connectivity index (χ1v) is 9.68. The van der Waals surface area contributed by atoms with E-state index in [0.29, 0.717) is 23.3 Å². The van der Waals surface area contributed by atoms with Crippen LogP contribution in [0.5, 0.6) is 0 Å². The van der Waals surface area contributed by atoms with Crippen LogP contribution in [0.1, 0.15) is 10.4 Å². The quantitative estimate of drug-likeness (QED) is 0.595. The van der Waals surface area contributed by atoms with Crippen LogP contribution in [0, 0.1) is 0 Å². The predicted octanol–water partition coefficient (Wildman–Crippen LogP) is 2.12. The second kappa shape index (κ2) is 9.51. The van der Waals surface area contributed by atoms with Crippen molar-refractivity contribution in [3.8, 4) is 11.4 Å². The van der Waals surface area contributed by atoms with Crippen LogP contribution in [0.15, 0.2) is 42.5 Å². The number of methoxy groups -OCH3 is 1. The third-order valence-corrected chi connectivity index (χ3v) is 4.66. The lowest BCUT2D eigenvalue weighted by Crippen LogP contribution is -2.31. The summed E-state index contributed by atoms with van der Waals surface area (Å²) in [5.41, 5.74) is 3.27. The molecule has 1 aromatic heterocycles. The highest BCUT2D eigenvalue weighted by Gasteiger charge is 2.18. The molecule has 0 aliphatic rings. The molecule has 0 aliphatic heterocycles. The Balaban J connectivity index is 2.04. The van der Waals surface area contributed by atoms with Gasteiger partial charge in [-0.05, 0) is 26.2 Å². The van der Waals surface area contributed by atoms with E-state index in [4.69, 9.17) is 9.72 Å². The number of rotatable bonds is 8. The van der Waals surface area contributed by atoms with Crippen molar-refractivity contribution in [2.75, 3.05) is 46.2 Å². The summed E-state index contributed by atoms with van der Waals surface area (Å²) in [6.45, 7) is 1.17. The monoisotopic (exact) mass is 409 g/mol. The van der Waals surface area contributed by atoms with Crippen LogP contribution < -0.4 is 10.6 Å². The van der Waals surface area contributed by atoms with Crippen LogP contribution in [-0.2, 0) is 16.6 Å². The highest BCUT2D eigenvalue weighted by atomic mass is 16.5. The van der Waals surface area contributed by atoms with Gasteiger partial charge in [0.25, 0.3) is 5.91 Å². The standard InChI is InChI=1S/C22H27N5O3/c1-26(2)11-10-23-22(29)16-12-17(24-19(28)14-30-4)20-18(13-16)25-21(27(20)3)15-8-6-5-7-9-15/h5-9,12-13H,10-11,14H2,1-4H3,(H,23,29)(H,24,28). The first-order valence-electron chi connectivity index (χ1n) is 9.68. The van der Waals surface area contributed by atoms with E-state index in [9.17, 15) is 9.59 Å². The van der Waals surface area contributed by atoms with Gasteiger partial charge < -0.3 is 24.8 Å². The summed E-state index contributed by atoms with van der Waals surface area (Å²) >= 11 is 0. The smallest absolute Gasteiger partial charge is 0.251 e. The van der Waals surface area contributed by atoms with Gasteiger partial charge in [-0.15, -0.1) is 0 Å². The average Bonchev–Trinajstić information content (AvgIpc) is 3.05. The molecule has 0 bridgehead atoms. The van der Waals surface area contributed by atoms with Crippen molar-refractivity contribution >= 4 is 28.5 Å². The minimum Gasteiger partial charge on any atom is -0.375 e. The number of nitrogens with one attached hydrogen (secondary N) is 2. The molecular formula is C22H27N5O3. The molecule has 30 heavy (non-hydrogen) atoms. The van der Waals surface area contributed by atoms with E-state index in [0.717, 1.165) is 23.4 Å². The van der Waals surface area contributed by atoms with E-state index < -0.39 is 0 Å². The van der Waals surface area contributed by atoms with Crippen molar-refractivity contribution < 1.29 is 14.3 Å². The molecule has 2 amide bonds. The van der Waals surface area contributed by atoms with Gasteiger partial charge in [-0.2, -0.15) is 0 Å². The number of amides is 2. The number of imidazole rings is 1. The summed E-state index contributed by atoms with van der Waals surface area (Å²) in [4.78, 5) is 31.6. The Labute approximate surface area is 175 Å². The molecule has 0 aliphatic carbocycles. The van der Waals surface area contributed by atoms with Gasteiger partial charge in [0.15, 0.2) is 0 Å². The minimum atomic E-state index is -0.300. The Kier molecular flexibility index (Phi) is 6.81. The molecule has 0 unspecified atom stereocenters. The molecule has 0 saturated carbocycles. The maximum atomic E-state index is 12.7. The Morgan fingerprint density at radius 2 is 1.90 bits per heavy atom. The van der Waals surface area contributed by atoms with E-state index in [1.54, 1.807) is 12.1 Å². The Bertz CT molecular complexity index is 1040. The first kappa shape index (κ1) is 21.5. The van der Waals surface area contributed by atoms with Gasteiger partial charge in [0.05, 0.1) is 16.7 Å². The van der Waals surface area contributed by atoms with Gasteiger partial charge in [-0.25, -0.2) is 4.98 Å². The molecule has 0 atom stereocenters. The van der Waals surface area contributed by atoms with Crippen molar-refractivity contribution in [2.45, 2.75) is 0 Å². The average molecular weight is 409 g/mol. The topological polar surface area (TPSA) is 88.5 Å². The molecule has 2 N–H and O–H groups in total. The third kappa shape index (κ3) is 4.84. The maximum Gasteiger partial charge on any atom is 0.251 e. The van der Waals surface area contributed by atoms with Gasteiger partial charge in [-0.3, -0.25) is 9.59 Å². The second-order valence-electron chi connectivity index (χ2n) is 7.29. The lowest BCUT2D eigenvalue weighted by Gasteiger charge is -2.12. The van der Waals surface area contributed by atoms with Crippen molar-refractivity contribution in [3.63, 3.8) is 0 Å². The number of hydrogen-bond acceptors (Lipinski definition) is 5. The normalized spacial score (nSPS) is 11.1. The largest absolute Gasteiger partial charge is 0.375 e. The summed E-state index contributed by atoms with van der Waals surface area (Å²) in [7, 11) is 7.24. The SMILES string of the molecule is COCC(=O)Nc1cc(C(=O)NCCN(C)C)cc2nc(-c3ccccc3)n(C)c12. The fourth-order valence-electron chi connectivity index (χ4n) is 3.24. The van der Waals surface area contributed by atoms with E-state index >= 15 is 0 Å². The molecule has 0 saturated heterocycles. The molecule has 8 nitrogen and oxygen atoms in total. The molecular weight excluding hydrogens is 382 g/mol. The van der Waals surface area contributed by atoms with Gasteiger partial charge in [0.2, 0.25) is 5.91 Å². The maximum absolute atomic E-state index is 12.7. The third-order valence-electron chi connectivity index (χ3n) is 4.66. The van der Waals surface area contributed by atoms with E-state index in [1.807, 2.05) is 60.9 Å². The number of nitrogens with zero attached hydrogens (tertiary/aromatic N) is 3. The zero-order valence-corrected chi connectivity index (χ0v) is 17.7. The molecule has 0 radical (unpaired) electrons. The molecule has 158 valence electrons.